The first-order valence-electron chi connectivity index (χ1n) is 14.3. The van der Waals surface area contributed by atoms with Crippen molar-refractivity contribution in [2.45, 2.75) is 57.5 Å². The third-order valence-corrected chi connectivity index (χ3v) is 8.90. The van der Waals surface area contributed by atoms with Crippen LogP contribution in [0.15, 0.2) is 66.4 Å². The summed E-state index contributed by atoms with van der Waals surface area (Å²) < 4.78 is 79.3. The van der Waals surface area contributed by atoms with Gasteiger partial charge in [0, 0.05) is 36.1 Å². The number of nitrogens with one attached hydrogen (secondary N) is 2. The van der Waals surface area contributed by atoms with E-state index in [2.05, 4.69) is 10.3 Å². The van der Waals surface area contributed by atoms with Crippen molar-refractivity contribution >= 4 is 27.3 Å². The minimum absolute atomic E-state index is 0.215. The van der Waals surface area contributed by atoms with E-state index in [4.69, 9.17) is 9.47 Å². The van der Waals surface area contributed by atoms with Gasteiger partial charge < -0.3 is 9.47 Å². The molecule has 0 saturated heterocycles. The van der Waals surface area contributed by atoms with Gasteiger partial charge in [-0.25, -0.2) is 8.42 Å². The number of alkyl halides is 3. The number of amides is 1. The van der Waals surface area contributed by atoms with Crippen LogP contribution >= 0.6 is 0 Å². The van der Waals surface area contributed by atoms with Gasteiger partial charge in [0.2, 0.25) is 15.9 Å². The van der Waals surface area contributed by atoms with Crippen LogP contribution in [-0.4, -0.2) is 44.5 Å². The number of aryl methyl sites for hydroxylation is 1. The highest BCUT2D eigenvalue weighted by molar-refractivity contribution is 7.89. The molecule has 0 bridgehead atoms. The monoisotopic (exact) mass is 643 g/mol. The molecule has 2 N–H and O–H groups in total. The zero-order chi connectivity index (χ0) is 32.5. The normalized spacial score (nSPS) is 19.8. The Balaban J connectivity index is 1.38. The third-order valence-electron chi connectivity index (χ3n) is 7.65. The van der Waals surface area contributed by atoms with Gasteiger partial charge in [-0.2, -0.15) is 13.2 Å². The summed E-state index contributed by atoms with van der Waals surface area (Å²) in [7, 11) is -4.25. The minimum Gasteiger partial charge on any atom is -0.366 e. The highest BCUT2D eigenvalue weighted by Gasteiger charge is 2.47. The molecule has 13 heteroatoms. The van der Waals surface area contributed by atoms with Crippen molar-refractivity contribution in [3.05, 3.63) is 105 Å². The molecule has 1 aliphatic heterocycles. The number of pyridine rings is 1. The van der Waals surface area contributed by atoms with Gasteiger partial charge in [-0.1, -0.05) is 42.5 Å². The first-order chi connectivity index (χ1) is 21.3. The number of hydrogen-bond donors (Lipinski definition) is 2. The second-order valence-corrected chi connectivity index (χ2v) is 12.4. The molecule has 238 valence electrons. The SMILES string of the molecule is CCOC1NC(c2ccc(CS(=O)(=O)NC(=O)Cc3ccccc3C(F)(F)F)cc2C)C2=C1c1ncccc1C(OCC)C2=O. The number of fused-ring (bicyclic) bond motifs is 2. The van der Waals surface area contributed by atoms with Crippen LogP contribution in [0.4, 0.5) is 13.2 Å². The summed E-state index contributed by atoms with van der Waals surface area (Å²) in [5, 5.41) is 3.39. The first kappa shape index (κ1) is 32.5. The van der Waals surface area contributed by atoms with E-state index < -0.39 is 58.2 Å². The van der Waals surface area contributed by atoms with E-state index in [1.165, 1.54) is 12.1 Å². The second kappa shape index (κ2) is 12.8. The van der Waals surface area contributed by atoms with Crippen LogP contribution < -0.4 is 10.0 Å². The average molecular weight is 644 g/mol. The fourth-order valence-corrected chi connectivity index (χ4v) is 7.00. The maximum absolute atomic E-state index is 13.9. The standard InChI is InChI=1S/C32H32F3N3O6S/c1-4-43-30-22-10-8-14-36-27(22)26-25(29(30)40)28(37-31(26)44-5-2)21-13-12-19(15-18(21)3)17-45(41,42)38-24(39)16-20-9-6-7-11-23(20)32(33,34)35/h6-15,28,30-31,37H,4-5,16-17H2,1-3H3,(H,38,39). The number of aromatic nitrogens is 1. The lowest BCUT2D eigenvalue weighted by Crippen LogP contribution is -2.33. The number of halogens is 3. The van der Waals surface area contributed by atoms with E-state index in [0.29, 0.717) is 52.3 Å². The zero-order valence-electron chi connectivity index (χ0n) is 24.8. The Labute approximate surface area is 258 Å². The van der Waals surface area contributed by atoms with Crippen LogP contribution in [0.2, 0.25) is 0 Å². The van der Waals surface area contributed by atoms with Crippen LogP contribution in [0.5, 0.6) is 0 Å². The Morgan fingerprint density at radius 1 is 1.00 bits per heavy atom. The van der Waals surface area contributed by atoms with Crippen LogP contribution in [0.25, 0.3) is 5.57 Å². The molecular weight excluding hydrogens is 611 g/mol. The summed E-state index contributed by atoms with van der Waals surface area (Å²) in [6.07, 6.45) is -5.25. The Hall–Kier alpha value is -3.91. The van der Waals surface area contributed by atoms with Gasteiger partial charge in [-0.15, -0.1) is 0 Å². The summed E-state index contributed by atoms with van der Waals surface area (Å²) in [4.78, 5) is 30.9. The lowest BCUT2D eigenvalue weighted by molar-refractivity contribution is -0.138. The van der Waals surface area contributed by atoms with Gasteiger partial charge in [0.15, 0.2) is 5.78 Å². The maximum atomic E-state index is 13.9. The highest BCUT2D eigenvalue weighted by Crippen LogP contribution is 2.47. The first-order valence-corrected chi connectivity index (χ1v) is 16.0. The summed E-state index contributed by atoms with van der Waals surface area (Å²) in [6.45, 7) is 6.11. The average Bonchev–Trinajstić information content (AvgIpc) is 3.34. The third kappa shape index (κ3) is 6.71. The van der Waals surface area contributed by atoms with Gasteiger partial charge in [-0.3, -0.25) is 24.6 Å². The fourth-order valence-electron chi connectivity index (χ4n) is 5.89. The Morgan fingerprint density at radius 2 is 1.73 bits per heavy atom. The number of Topliss-reactive ketones (excluding diaryl/α,β-unsaturated/α-hetero) is 1. The Kier molecular flexibility index (Phi) is 9.26. The molecule has 3 aromatic rings. The van der Waals surface area contributed by atoms with Gasteiger partial charge in [0.1, 0.15) is 12.3 Å². The highest BCUT2D eigenvalue weighted by atomic mass is 32.2. The van der Waals surface area contributed by atoms with E-state index in [9.17, 15) is 31.2 Å². The second-order valence-electron chi connectivity index (χ2n) is 10.7. The molecule has 0 spiro atoms. The lowest BCUT2D eigenvalue weighted by atomic mass is 9.82. The van der Waals surface area contributed by atoms with Crippen LogP contribution in [0.1, 0.15) is 65.1 Å². The number of hydrogen-bond acceptors (Lipinski definition) is 8. The molecule has 3 unspecified atom stereocenters. The van der Waals surface area contributed by atoms with Crippen molar-refractivity contribution in [3.8, 4) is 0 Å². The van der Waals surface area contributed by atoms with Crippen molar-refractivity contribution in [1.82, 2.24) is 15.0 Å². The molecule has 2 aliphatic rings. The number of carbonyl (C=O) groups excluding carboxylic acids is 2. The van der Waals surface area contributed by atoms with E-state index in [1.807, 2.05) is 17.7 Å². The zero-order valence-corrected chi connectivity index (χ0v) is 25.6. The summed E-state index contributed by atoms with van der Waals surface area (Å²) in [5.41, 5.74) is 2.77. The fraction of sp³-hybridized carbons (Fsp3) is 0.344. The predicted octanol–water partition coefficient (Wildman–Crippen LogP) is 4.72. The smallest absolute Gasteiger partial charge is 0.366 e. The summed E-state index contributed by atoms with van der Waals surface area (Å²) >= 11 is 0. The van der Waals surface area contributed by atoms with Crippen LogP contribution in [0, 0.1) is 6.92 Å². The molecule has 2 aromatic carbocycles. The number of carbonyl (C=O) groups is 2. The molecule has 45 heavy (non-hydrogen) atoms. The van der Waals surface area contributed by atoms with Crippen molar-refractivity contribution in [2.75, 3.05) is 13.2 Å². The Morgan fingerprint density at radius 3 is 2.42 bits per heavy atom. The molecule has 3 atom stereocenters. The van der Waals surface area contributed by atoms with E-state index in [1.54, 1.807) is 44.3 Å². The maximum Gasteiger partial charge on any atom is 0.416 e. The van der Waals surface area contributed by atoms with E-state index >= 15 is 0 Å². The minimum atomic E-state index is -4.69. The van der Waals surface area contributed by atoms with Gasteiger partial charge >= 0.3 is 6.18 Å². The molecule has 1 aromatic heterocycles. The van der Waals surface area contributed by atoms with Gasteiger partial charge in [0.25, 0.3) is 0 Å². The number of ketones is 1. The van der Waals surface area contributed by atoms with E-state index in [-0.39, 0.29) is 11.3 Å². The molecule has 0 fully saturated rings. The van der Waals surface area contributed by atoms with Crippen LogP contribution in [0.3, 0.4) is 0 Å². The quantitative estimate of drug-likeness (QED) is 0.326. The Bertz CT molecular complexity index is 1770. The lowest BCUT2D eigenvalue weighted by Gasteiger charge is -2.27. The number of nitrogens with zero attached hydrogens (tertiary/aromatic N) is 1. The molecule has 2 heterocycles. The molecular formula is C32H32F3N3O6S. The van der Waals surface area contributed by atoms with E-state index in [0.717, 1.165) is 12.1 Å². The van der Waals surface area contributed by atoms with Crippen LogP contribution in [-0.2, 0) is 47.4 Å². The molecule has 0 saturated carbocycles. The summed E-state index contributed by atoms with van der Waals surface area (Å²) in [5.74, 6) is -1.88. The number of sulfonamides is 1. The number of benzene rings is 2. The molecule has 5 rings (SSSR count). The molecule has 9 nitrogen and oxygen atoms in total. The van der Waals surface area contributed by atoms with Gasteiger partial charge in [0.05, 0.1) is 29.5 Å². The number of rotatable bonds is 10. The number of ether oxygens (including phenoxy) is 2. The topological polar surface area (TPSA) is 124 Å². The van der Waals surface area contributed by atoms with Crippen molar-refractivity contribution in [2.24, 2.45) is 0 Å². The van der Waals surface area contributed by atoms with Crippen molar-refractivity contribution in [1.29, 1.82) is 0 Å². The van der Waals surface area contributed by atoms with Crippen molar-refractivity contribution in [3.63, 3.8) is 0 Å². The van der Waals surface area contributed by atoms with Gasteiger partial charge in [-0.05, 0) is 55.2 Å². The predicted molar refractivity (Wildman–Crippen MR) is 159 cm³/mol. The summed E-state index contributed by atoms with van der Waals surface area (Å²) in [6, 6.07) is 12.4. The molecule has 1 amide bonds. The molecule has 0 radical (unpaired) electrons. The largest absolute Gasteiger partial charge is 0.416 e. The van der Waals surface area contributed by atoms with Crippen molar-refractivity contribution < 1.29 is 40.7 Å². The molecule has 1 aliphatic carbocycles.